The molecule has 1 aromatic heterocycles. The first-order chi connectivity index (χ1) is 9.10. The van der Waals surface area contributed by atoms with Crippen LogP contribution in [0.1, 0.15) is 31.0 Å². The van der Waals surface area contributed by atoms with Gasteiger partial charge in [0, 0.05) is 30.0 Å². The normalized spacial score (nSPS) is 10.5. The lowest BCUT2D eigenvalue weighted by Crippen LogP contribution is -2.01. The molecule has 1 N–H and O–H groups in total. The van der Waals surface area contributed by atoms with E-state index in [9.17, 15) is 0 Å². The Bertz CT molecular complexity index is 610. The van der Waals surface area contributed by atoms with Crippen molar-refractivity contribution in [2.75, 3.05) is 5.32 Å². The molecule has 0 saturated heterocycles. The lowest BCUT2D eigenvalue weighted by molar-refractivity contribution is 0.532. The first-order valence-corrected chi connectivity index (χ1v) is 6.44. The Hall–Kier alpha value is -1.99. The number of anilines is 1. The second-order valence-corrected chi connectivity index (χ2v) is 4.99. The molecule has 0 unspecified atom stereocenters. The Morgan fingerprint density at radius 1 is 1.47 bits per heavy atom. The van der Waals surface area contributed by atoms with Crippen LogP contribution < -0.4 is 5.32 Å². The zero-order valence-electron chi connectivity index (χ0n) is 10.9. The predicted molar refractivity (Wildman–Crippen MR) is 76.1 cm³/mol. The van der Waals surface area contributed by atoms with Crippen LogP contribution in [0.4, 0.5) is 5.69 Å². The highest BCUT2D eigenvalue weighted by Crippen LogP contribution is 2.20. The molecule has 0 atom stereocenters. The van der Waals surface area contributed by atoms with E-state index in [2.05, 4.69) is 24.3 Å². The SMILES string of the molecule is CC(C)n1cc(CNc2ccc(C#N)c(Cl)c2)cn1. The molecule has 2 aromatic rings. The molecule has 0 aliphatic heterocycles. The number of halogens is 1. The third kappa shape index (κ3) is 3.27. The van der Waals surface area contributed by atoms with E-state index in [1.165, 1.54) is 0 Å². The third-order valence-electron chi connectivity index (χ3n) is 2.77. The Labute approximate surface area is 117 Å². The number of aromatic nitrogens is 2. The van der Waals surface area contributed by atoms with Gasteiger partial charge in [0.1, 0.15) is 6.07 Å². The quantitative estimate of drug-likeness (QED) is 0.927. The summed E-state index contributed by atoms with van der Waals surface area (Å²) in [6, 6.07) is 7.71. The molecule has 1 aromatic carbocycles. The fourth-order valence-corrected chi connectivity index (χ4v) is 1.89. The van der Waals surface area contributed by atoms with Gasteiger partial charge in [-0.05, 0) is 32.0 Å². The van der Waals surface area contributed by atoms with Gasteiger partial charge in [0.05, 0.1) is 16.8 Å². The average molecular weight is 275 g/mol. The van der Waals surface area contributed by atoms with Crippen LogP contribution >= 0.6 is 11.6 Å². The zero-order chi connectivity index (χ0) is 13.8. The van der Waals surface area contributed by atoms with E-state index < -0.39 is 0 Å². The van der Waals surface area contributed by atoms with Crippen molar-refractivity contribution < 1.29 is 0 Å². The maximum atomic E-state index is 8.81. The standard InChI is InChI=1S/C14H15ClN4/c1-10(2)19-9-11(8-18-19)7-17-13-4-3-12(6-16)14(15)5-13/h3-5,8-10,17H,7H2,1-2H3. The molecule has 0 bridgehead atoms. The fourth-order valence-electron chi connectivity index (χ4n) is 1.67. The van der Waals surface area contributed by atoms with Crippen molar-refractivity contribution in [1.29, 1.82) is 5.26 Å². The molecule has 19 heavy (non-hydrogen) atoms. The maximum absolute atomic E-state index is 8.81. The minimum absolute atomic E-state index is 0.359. The Kier molecular flexibility index (Phi) is 4.08. The summed E-state index contributed by atoms with van der Waals surface area (Å²) in [7, 11) is 0. The van der Waals surface area contributed by atoms with Gasteiger partial charge in [-0.2, -0.15) is 10.4 Å². The Morgan fingerprint density at radius 2 is 2.26 bits per heavy atom. The first kappa shape index (κ1) is 13.4. The van der Waals surface area contributed by atoms with E-state index in [1.54, 1.807) is 12.1 Å². The van der Waals surface area contributed by atoms with Gasteiger partial charge in [0.2, 0.25) is 0 Å². The van der Waals surface area contributed by atoms with Crippen LogP contribution in [0.2, 0.25) is 5.02 Å². The van der Waals surface area contributed by atoms with Gasteiger partial charge in [-0.1, -0.05) is 11.6 Å². The van der Waals surface area contributed by atoms with E-state index in [-0.39, 0.29) is 0 Å². The lowest BCUT2D eigenvalue weighted by atomic mass is 10.2. The molecule has 0 amide bonds. The predicted octanol–water partition coefficient (Wildman–Crippen LogP) is 3.60. The van der Waals surface area contributed by atoms with Gasteiger partial charge >= 0.3 is 0 Å². The van der Waals surface area contributed by atoms with Crippen LogP contribution in [-0.4, -0.2) is 9.78 Å². The van der Waals surface area contributed by atoms with E-state index in [0.29, 0.717) is 23.2 Å². The highest BCUT2D eigenvalue weighted by atomic mass is 35.5. The van der Waals surface area contributed by atoms with Crippen molar-refractivity contribution in [3.05, 3.63) is 46.7 Å². The van der Waals surface area contributed by atoms with Crippen molar-refractivity contribution >= 4 is 17.3 Å². The van der Waals surface area contributed by atoms with Gasteiger partial charge in [0.25, 0.3) is 0 Å². The lowest BCUT2D eigenvalue weighted by Gasteiger charge is -2.06. The van der Waals surface area contributed by atoms with E-state index in [0.717, 1.165) is 11.3 Å². The number of nitriles is 1. The summed E-state index contributed by atoms with van der Waals surface area (Å²) in [5, 5.41) is 16.8. The van der Waals surface area contributed by atoms with Crippen LogP contribution in [0.3, 0.4) is 0 Å². The Morgan fingerprint density at radius 3 is 2.84 bits per heavy atom. The maximum Gasteiger partial charge on any atom is 0.101 e. The van der Waals surface area contributed by atoms with Gasteiger partial charge < -0.3 is 5.32 Å². The molecule has 0 aliphatic carbocycles. The van der Waals surface area contributed by atoms with Crippen molar-refractivity contribution in [2.45, 2.75) is 26.4 Å². The molecule has 0 saturated carbocycles. The molecular formula is C14H15ClN4. The first-order valence-electron chi connectivity index (χ1n) is 6.06. The largest absolute Gasteiger partial charge is 0.381 e. The van der Waals surface area contributed by atoms with Crippen LogP contribution in [0.25, 0.3) is 0 Å². The number of nitrogens with one attached hydrogen (secondary N) is 1. The monoisotopic (exact) mass is 274 g/mol. The fraction of sp³-hybridized carbons (Fsp3) is 0.286. The van der Waals surface area contributed by atoms with E-state index >= 15 is 0 Å². The number of rotatable bonds is 4. The molecule has 98 valence electrons. The molecule has 0 spiro atoms. The highest BCUT2D eigenvalue weighted by molar-refractivity contribution is 6.32. The Balaban J connectivity index is 2.02. The summed E-state index contributed by atoms with van der Waals surface area (Å²) >= 11 is 5.98. The average Bonchev–Trinajstić information content (AvgIpc) is 2.85. The number of nitrogens with zero attached hydrogens (tertiary/aromatic N) is 3. The van der Waals surface area contributed by atoms with Crippen molar-refractivity contribution in [3.8, 4) is 6.07 Å². The van der Waals surface area contributed by atoms with Crippen molar-refractivity contribution in [3.63, 3.8) is 0 Å². The molecular weight excluding hydrogens is 260 g/mol. The molecule has 0 radical (unpaired) electrons. The highest BCUT2D eigenvalue weighted by Gasteiger charge is 2.03. The summed E-state index contributed by atoms with van der Waals surface area (Å²) < 4.78 is 1.92. The van der Waals surface area contributed by atoms with Crippen LogP contribution in [0.5, 0.6) is 0 Å². The number of hydrogen-bond donors (Lipinski definition) is 1. The molecule has 4 nitrogen and oxygen atoms in total. The summed E-state index contributed by atoms with van der Waals surface area (Å²) in [6.45, 7) is 4.85. The van der Waals surface area contributed by atoms with Crippen LogP contribution in [0.15, 0.2) is 30.6 Å². The van der Waals surface area contributed by atoms with Crippen molar-refractivity contribution in [2.24, 2.45) is 0 Å². The van der Waals surface area contributed by atoms with Crippen molar-refractivity contribution in [1.82, 2.24) is 9.78 Å². The minimum atomic E-state index is 0.359. The molecule has 1 heterocycles. The van der Waals surface area contributed by atoms with E-state index in [4.69, 9.17) is 16.9 Å². The van der Waals surface area contributed by atoms with Gasteiger partial charge in [-0.15, -0.1) is 0 Å². The van der Waals surface area contributed by atoms with Gasteiger partial charge in [-0.25, -0.2) is 0 Å². The zero-order valence-corrected chi connectivity index (χ0v) is 11.6. The number of benzene rings is 1. The summed E-state index contributed by atoms with van der Waals surface area (Å²) in [6.07, 6.45) is 3.86. The van der Waals surface area contributed by atoms with Crippen LogP contribution in [-0.2, 0) is 6.54 Å². The second kappa shape index (κ2) is 5.77. The molecule has 0 aliphatic rings. The third-order valence-corrected chi connectivity index (χ3v) is 3.08. The van der Waals surface area contributed by atoms with Crippen LogP contribution in [0, 0.1) is 11.3 Å². The summed E-state index contributed by atoms with van der Waals surface area (Å²) in [5.74, 6) is 0. The number of hydrogen-bond acceptors (Lipinski definition) is 3. The molecule has 0 fully saturated rings. The van der Waals surface area contributed by atoms with E-state index in [1.807, 2.05) is 29.2 Å². The second-order valence-electron chi connectivity index (χ2n) is 4.58. The smallest absolute Gasteiger partial charge is 0.101 e. The molecule has 5 heteroatoms. The molecule has 2 rings (SSSR count). The van der Waals surface area contributed by atoms with Gasteiger partial charge in [-0.3, -0.25) is 4.68 Å². The summed E-state index contributed by atoms with van der Waals surface area (Å²) in [4.78, 5) is 0. The van der Waals surface area contributed by atoms with Gasteiger partial charge in [0.15, 0.2) is 0 Å². The summed E-state index contributed by atoms with van der Waals surface area (Å²) in [5.41, 5.74) is 2.48. The minimum Gasteiger partial charge on any atom is -0.381 e. The topological polar surface area (TPSA) is 53.6 Å².